The van der Waals surface area contributed by atoms with E-state index in [1.54, 1.807) is 31.8 Å². The average Bonchev–Trinajstić information content (AvgIpc) is 2.62. The first-order valence-corrected chi connectivity index (χ1v) is 8.00. The lowest BCUT2D eigenvalue weighted by molar-refractivity contribution is 0.0718. The molecule has 0 bridgehead atoms. The molecular weight excluding hydrogens is 306 g/mol. The van der Waals surface area contributed by atoms with Gasteiger partial charge in [-0.05, 0) is 25.8 Å². The highest BCUT2D eigenvalue weighted by molar-refractivity contribution is 5.94. The zero-order chi connectivity index (χ0) is 16.9. The molecule has 3 rings (SSSR count). The number of hydrogen-bond acceptors (Lipinski definition) is 6. The van der Waals surface area contributed by atoms with Gasteiger partial charge in [0.2, 0.25) is 5.88 Å². The third-order valence-corrected chi connectivity index (χ3v) is 4.13. The van der Waals surface area contributed by atoms with Crippen molar-refractivity contribution in [1.82, 2.24) is 19.9 Å². The van der Waals surface area contributed by atoms with Crippen LogP contribution < -0.4 is 10.1 Å². The first-order chi connectivity index (χ1) is 11.7. The molecule has 2 aromatic rings. The maximum Gasteiger partial charge on any atom is 0.255 e. The van der Waals surface area contributed by atoms with E-state index >= 15 is 0 Å². The van der Waals surface area contributed by atoms with Crippen molar-refractivity contribution in [2.24, 2.45) is 0 Å². The number of hydrogen-bond donors (Lipinski definition) is 1. The Hall–Kier alpha value is -2.70. The number of aryl methyl sites for hydroxylation is 1. The second kappa shape index (κ2) is 7.25. The molecule has 1 aliphatic rings. The Morgan fingerprint density at radius 1 is 1.25 bits per heavy atom. The van der Waals surface area contributed by atoms with Gasteiger partial charge in [0.05, 0.1) is 12.7 Å². The highest BCUT2D eigenvalue weighted by Gasteiger charge is 2.24. The number of carbonyl (C=O) groups excluding carboxylic acids is 1. The van der Waals surface area contributed by atoms with Crippen LogP contribution in [0.1, 0.15) is 28.9 Å². The van der Waals surface area contributed by atoms with Crippen LogP contribution in [0, 0.1) is 6.92 Å². The van der Waals surface area contributed by atoms with Gasteiger partial charge in [-0.25, -0.2) is 15.0 Å². The highest BCUT2D eigenvalue weighted by Crippen LogP contribution is 2.18. The second-order valence-electron chi connectivity index (χ2n) is 5.84. The topological polar surface area (TPSA) is 80.2 Å². The van der Waals surface area contributed by atoms with E-state index in [0.29, 0.717) is 30.6 Å². The molecule has 7 nitrogen and oxygen atoms in total. The van der Waals surface area contributed by atoms with Gasteiger partial charge in [-0.3, -0.25) is 4.79 Å². The van der Waals surface area contributed by atoms with Crippen LogP contribution in [0.4, 0.5) is 5.82 Å². The lowest BCUT2D eigenvalue weighted by Crippen LogP contribution is -2.42. The van der Waals surface area contributed by atoms with Gasteiger partial charge in [0.25, 0.3) is 5.91 Å². The van der Waals surface area contributed by atoms with Crippen molar-refractivity contribution in [2.75, 3.05) is 25.5 Å². The van der Waals surface area contributed by atoms with E-state index in [0.717, 1.165) is 24.4 Å². The number of methoxy groups -OCH3 is 1. The monoisotopic (exact) mass is 327 g/mol. The van der Waals surface area contributed by atoms with Crippen molar-refractivity contribution in [3.8, 4) is 5.88 Å². The molecule has 0 aromatic carbocycles. The fourth-order valence-corrected chi connectivity index (χ4v) is 2.78. The predicted octanol–water partition coefficient (Wildman–Crippen LogP) is 1.91. The first-order valence-electron chi connectivity index (χ1n) is 8.00. The lowest BCUT2D eigenvalue weighted by Gasteiger charge is -2.32. The summed E-state index contributed by atoms with van der Waals surface area (Å²) in [5, 5.41) is 3.42. The summed E-state index contributed by atoms with van der Waals surface area (Å²) in [6, 6.07) is 5.71. The number of aromatic nitrogens is 3. The van der Waals surface area contributed by atoms with Gasteiger partial charge in [0, 0.05) is 43.2 Å². The number of pyridine rings is 1. The summed E-state index contributed by atoms with van der Waals surface area (Å²) < 4.78 is 5.02. The standard InChI is InChI=1S/C17H21N5O2/c1-12-9-15(20-11-19-12)21-14-5-7-22(8-6-14)17(23)13-3-4-16(24-2)18-10-13/h3-4,9-11,14H,5-8H2,1-2H3,(H,19,20,21). The van der Waals surface area contributed by atoms with Crippen LogP contribution in [0.3, 0.4) is 0 Å². The Morgan fingerprint density at radius 2 is 2.04 bits per heavy atom. The number of carbonyl (C=O) groups is 1. The molecule has 1 saturated heterocycles. The van der Waals surface area contributed by atoms with Crippen LogP contribution in [-0.4, -0.2) is 52.0 Å². The molecule has 0 unspecified atom stereocenters. The van der Waals surface area contributed by atoms with Crippen LogP contribution in [0.15, 0.2) is 30.7 Å². The normalized spacial score (nSPS) is 15.2. The molecule has 1 N–H and O–H groups in total. The maximum absolute atomic E-state index is 12.5. The molecule has 0 saturated carbocycles. The van der Waals surface area contributed by atoms with Gasteiger partial charge in [0.15, 0.2) is 0 Å². The van der Waals surface area contributed by atoms with Crippen LogP contribution in [0.5, 0.6) is 5.88 Å². The third kappa shape index (κ3) is 3.79. The minimum absolute atomic E-state index is 0.0153. The molecule has 3 heterocycles. The smallest absolute Gasteiger partial charge is 0.255 e. The molecule has 24 heavy (non-hydrogen) atoms. The molecule has 7 heteroatoms. The summed E-state index contributed by atoms with van der Waals surface area (Å²) in [7, 11) is 1.56. The summed E-state index contributed by atoms with van der Waals surface area (Å²) in [4.78, 5) is 26.8. The fraction of sp³-hybridized carbons (Fsp3) is 0.412. The Morgan fingerprint density at radius 3 is 2.67 bits per heavy atom. The van der Waals surface area contributed by atoms with Gasteiger partial charge in [-0.2, -0.15) is 0 Å². The minimum Gasteiger partial charge on any atom is -0.481 e. The quantitative estimate of drug-likeness (QED) is 0.924. The van der Waals surface area contributed by atoms with Gasteiger partial charge in [-0.1, -0.05) is 0 Å². The summed E-state index contributed by atoms with van der Waals surface area (Å²) in [5.74, 6) is 1.36. The molecule has 1 aliphatic heterocycles. The summed E-state index contributed by atoms with van der Waals surface area (Å²) in [5.41, 5.74) is 1.53. The molecule has 1 fully saturated rings. The van der Waals surface area contributed by atoms with Gasteiger partial charge in [0.1, 0.15) is 12.1 Å². The highest BCUT2D eigenvalue weighted by atomic mass is 16.5. The molecule has 126 valence electrons. The summed E-state index contributed by atoms with van der Waals surface area (Å²) in [6.45, 7) is 3.37. The van der Waals surface area contributed by atoms with Crippen molar-refractivity contribution in [1.29, 1.82) is 0 Å². The third-order valence-electron chi connectivity index (χ3n) is 4.13. The zero-order valence-electron chi connectivity index (χ0n) is 13.9. The Balaban J connectivity index is 1.55. The molecule has 2 aromatic heterocycles. The minimum atomic E-state index is 0.0153. The fourth-order valence-electron chi connectivity index (χ4n) is 2.78. The van der Waals surface area contributed by atoms with Crippen LogP contribution in [-0.2, 0) is 0 Å². The van der Waals surface area contributed by atoms with Gasteiger partial charge < -0.3 is 15.0 Å². The Bertz CT molecular complexity index is 696. The zero-order valence-corrected chi connectivity index (χ0v) is 13.9. The molecular formula is C17H21N5O2. The average molecular weight is 327 g/mol. The predicted molar refractivity (Wildman–Crippen MR) is 90.1 cm³/mol. The second-order valence-corrected chi connectivity index (χ2v) is 5.84. The number of rotatable bonds is 4. The van der Waals surface area contributed by atoms with Crippen LogP contribution in [0.25, 0.3) is 0 Å². The number of anilines is 1. The van der Waals surface area contributed by atoms with Crippen molar-refractivity contribution in [3.05, 3.63) is 42.0 Å². The molecule has 0 atom stereocenters. The van der Waals surface area contributed by atoms with E-state index < -0.39 is 0 Å². The van der Waals surface area contributed by atoms with E-state index in [-0.39, 0.29) is 5.91 Å². The molecule has 0 spiro atoms. The van der Waals surface area contributed by atoms with E-state index in [4.69, 9.17) is 4.74 Å². The van der Waals surface area contributed by atoms with Crippen LogP contribution in [0.2, 0.25) is 0 Å². The SMILES string of the molecule is COc1ccc(C(=O)N2CCC(Nc3cc(C)ncn3)CC2)cn1. The van der Waals surface area contributed by atoms with Crippen molar-refractivity contribution < 1.29 is 9.53 Å². The van der Waals surface area contributed by atoms with Crippen LogP contribution >= 0.6 is 0 Å². The van der Waals surface area contributed by atoms with E-state index in [1.165, 1.54) is 0 Å². The van der Waals surface area contributed by atoms with Crippen molar-refractivity contribution in [3.63, 3.8) is 0 Å². The molecule has 0 aliphatic carbocycles. The van der Waals surface area contributed by atoms with E-state index in [1.807, 2.05) is 17.9 Å². The maximum atomic E-state index is 12.5. The van der Waals surface area contributed by atoms with Gasteiger partial charge >= 0.3 is 0 Å². The number of piperidine rings is 1. The molecule has 0 radical (unpaired) electrons. The first kappa shape index (κ1) is 16.2. The number of likely N-dealkylation sites (tertiary alicyclic amines) is 1. The van der Waals surface area contributed by atoms with E-state index in [9.17, 15) is 4.79 Å². The number of amides is 1. The largest absolute Gasteiger partial charge is 0.481 e. The Labute approximate surface area is 141 Å². The van der Waals surface area contributed by atoms with Crippen molar-refractivity contribution >= 4 is 11.7 Å². The van der Waals surface area contributed by atoms with Gasteiger partial charge in [-0.15, -0.1) is 0 Å². The number of nitrogens with zero attached hydrogens (tertiary/aromatic N) is 4. The molecule has 1 amide bonds. The Kier molecular flexibility index (Phi) is 4.88. The van der Waals surface area contributed by atoms with E-state index in [2.05, 4.69) is 20.3 Å². The lowest BCUT2D eigenvalue weighted by atomic mass is 10.0. The summed E-state index contributed by atoms with van der Waals surface area (Å²) >= 11 is 0. The summed E-state index contributed by atoms with van der Waals surface area (Å²) in [6.07, 6.45) is 4.90. The number of ether oxygens (including phenoxy) is 1. The number of nitrogens with one attached hydrogen (secondary N) is 1. The van der Waals surface area contributed by atoms with Crippen molar-refractivity contribution in [2.45, 2.75) is 25.8 Å².